The maximum atomic E-state index is 11.8. The number of nitrogens with zero attached hydrogens (tertiary/aromatic N) is 1. The third-order valence-electron chi connectivity index (χ3n) is 3.23. The number of nitrogens with one attached hydrogen (secondary N) is 1. The fraction of sp³-hybridized carbons (Fsp3) is 0.923. The molecule has 1 heterocycles. The van der Waals surface area contributed by atoms with Crippen LogP contribution in [-0.4, -0.2) is 40.6 Å². The van der Waals surface area contributed by atoms with Crippen molar-refractivity contribution in [3.8, 4) is 0 Å². The minimum atomic E-state index is -0.444. The van der Waals surface area contributed by atoms with Crippen LogP contribution in [0.25, 0.3) is 0 Å². The van der Waals surface area contributed by atoms with E-state index >= 15 is 0 Å². The van der Waals surface area contributed by atoms with Crippen molar-refractivity contribution in [1.82, 2.24) is 10.2 Å². The van der Waals surface area contributed by atoms with E-state index in [2.05, 4.69) is 36.7 Å². The van der Waals surface area contributed by atoms with E-state index in [0.717, 1.165) is 25.9 Å². The van der Waals surface area contributed by atoms with Crippen molar-refractivity contribution in [2.24, 2.45) is 0 Å². The lowest BCUT2D eigenvalue weighted by Crippen LogP contribution is -2.55. The molecule has 1 N–H and O–H groups in total. The van der Waals surface area contributed by atoms with Gasteiger partial charge in [-0.2, -0.15) is 12.6 Å². The highest BCUT2D eigenvalue weighted by molar-refractivity contribution is 7.80. The molecule has 1 saturated heterocycles. The molecule has 1 amide bonds. The summed E-state index contributed by atoms with van der Waals surface area (Å²) >= 11 is 4.44. The van der Waals surface area contributed by atoms with Crippen molar-refractivity contribution in [3.63, 3.8) is 0 Å². The van der Waals surface area contributed by atoms with Crippen molar-refractivity contribution in [3.05, 3.63) is 0 Å². The second-order valence-corrected chi connectivity index (χ2v) is 7.10. The van der Waals surface area contributed by atoms with Gasteiger partial charge in [-0.3, -0.25) is 4.90 Å². The smallest absolute Gasteiger partial charge is 0.408 e. The van der Waals surface area contributed by atoms with E-state index in [1.54, 1.807) is 0 Å². The predicted molar refractivity (Wildman–Crippen MR) is 77.0 cm³/mol. The Kier molecular flexibility index (Phi) is 4.95. The van der Waals surface area contributed by atoms with Crippen molar-refractivity contribution in [2.75, 3.05) is 13.1 Å². The molecular weight excluding hydrogens is 248 g/mol. The van der Waals surface area contributed by atoms with E-state index in [-0.39, 0.29) is 17.0 Å². The third kappa shape index (κ3) is 5.06. The molecule has 0 bridgehead atoms. The molecule has 0 aromatic heterocycles. The van der Waals surface area contributed by atoms with Gasteiger partial charge in [-0.25, -0.2) is 4.79 Å². The summed E-state index contributed by atoms with van der Waals surface area (Å²) in [6, 6.07) is 0. The highest BCUT2D eigenvalue weighted by atomic mass is 32.1. The number of ether oxygens (including phenoxy) is 1. The SMILES string of the molecule is CC(S)N1CCC(C)(NC(=O)OC(C)(C)C)CC1. The fourth-order valence-electron chi connectivity index (χ4n) is 2.07. The van der Waals surface area contributed by atoms with E-state index < -0.39 is 5.60 Å². The fourth-order valence-corrected chi connectivity index (χ4v) is 2.30. The van der Waals surface area contributed by atoms with Crippen LogP contribution in [0.2, 0.25) is 0 Å². The zero-order chi connectivity index (χ0) is 14.0. The topological polar surface area (TPSA) is 41.6 Å². The summed E-state index contributed by atoms with van der Waals surface area (Å²) in [5.74, 6) is 0. The Morgan fingerprint density at radius 1 is 1.39 bits per heavy atom. The first-order chi connectivity index (χ1) is 8.11. The number of thiol groups is 1. The molecule has 4 nitrogen and oxygen atoms in total. The van der Waals surface area contributed by atoms with E-state index in [1.165, 1.54) is 0 Å². The van der Waals surface area contributed by atoms with Crippen molar-refractivity contribution >= 4 is 18.7 Å². The third-order valence-corrected chi connectivity index (χ3v) is 3.56. The summed E-state index contributed by atoms with van der Waals surface area (Å²) in [7, 11) is 0. The minimum absolute atomic E-state index is 0.165. The lowest BCUT2D eigenvalue weighted by Gasteiger charge is -2.41. The Hall–Kier alpha value is -0.420. The van der Waals surface area contributed by atoms with Gasteiger partial charge >= 0.3 is 6.09 Å². The summed E-state index contributed by atoms with van der Waals surface area (Å²) in [5, 5.41) is 3.27. The van der Waals surface area contributed by atoms with Crippen molar-refractivity contribution in [1.29, 1.82) is 0 Å². The zero-order valence-electron chi connectivity index (χ0n) is 12.1. The number of piperidine rings is 1. The zero-order valence-corrected chi connectivity index (χ0v) is 13.0. The monoisotopic (exact) mass is 274 g/mol. The molecule has 1 rings (SSSR count). The average molecular weight is 274 g/mol. The Morgan fingerprint density at radius 3 is 2.28 bits per heavy atom. The van der Waals surface area contributed by atoms with Gasteiger partial charge in [0.15, 0.2) is 0 Å². The number of likely N-dealkylation sites (tertiary alicyclic amines) is 1. The van der Waals surface area contributed by atoms with E-state index in [0.29, 0.717) is 0 Å². The van der Waals surface area contributed by atoms with Crippen LogP contribution in [0, 0.1) is 0 Å². The molecule has 0 radical (unpaired) electrons. The largest absolute Gasteiger partial charge is 0.444 e. The summed E-state index contributed by atoms with van der Waals surface area (Å²) in [6.07, 6.45) is 1.53. The number of alkyl carbamates (subject to hydrolysis) is 1. The molecule has 0 saturated carbocycles. The van der Waals surface area contributed by atoms with Gasteiger partial charge in [0.05, 0.1) is 0 Å². The predicted octanol–water partition coefficient (Wildman–Crippen LogP) is 2.64. The lowest BCUT2D eigenvalue weighted by atomic mass is 9.90. The van der Waals surface area contributed by atoms with Crippen molar-refractivity contribution < 1.29 is 9.53 Å². The summed E-state index contributed by atoms with van der Waals surface area (Å²) in [4.78, 5) is 14.1. The van der Waals surface area contributed by atoms with Crippen LogP contribution in [0.3, 0.4) is 0 Å². The average Bonchev–Trinajstić information content (AvgIpc) is 2.13. The molecular formula is C13H26N2O2S. The number of hydrogen-bond acceptors (Lipinski definition) is 4. The highest BCUT2D eigenvalue weighted by Crippen LogP contribution is 2.24. The van der Waals surface area contributed by atoms with Gasteiger partial charge in [-0.1, -0.05) is 0 Å². The number of hydrogen-bond donors (Lipinski definition) is 2. The summed E-state index contributed by atoms with van der Waals surface area (Å²) < 4.78 is 5.30. The van der Waals surface area contributed by atoms with Crippen LogP contribution < -0.4 is 5.32 Å². The normalized spacial score (nSPS) is 22.3. The number of rotatable bonds is 2. The molecule has 18 heavy (non-hydrogen) atoms. The Labute approximate surface area is 116 Å². The first-order valence-corrected chi connectivity index (χ1v) is 7.06. The second-order valence-electron chi connectivity index (χ2n) is 6.36. The van der Waals surface area contributed by atoms with Gasteiger partial charge in [0.2, 0.25) is 0 Å². The Bertz CT molecular complexity index is 292. The molecule has 1 unspecified atom stereocenters. The molecule has 1 fully saturated rings. The molecule has 1 atom stereocenters. The first kappa shape index (κ1) is 15.6. The first-order valence-electron chi connectivity index (χ1n) is 6.55. The molecule has 5 heteroatoms. The van der Waals surface area contributed by atoms with Crippen LogP contribution in [-0.2, 0) is 4.74 Å². The van der Waals surface area contributed by atoms with E-state index in [9.17, 15) is 4.79 Å². The Balaban J connectivity index is 2.45. The van der Waals surface area contributed by atoms with Crippen LogP contribution in [0.15, 0.2) is 0 Å². The van der Waals surface area contributed by atoms with Gasteiger partial charge < -0.3 is 10.1 Å². The summed E-state index contributed by atoms with van der Waals surface area (Å²) in [6.45, 7) is 11.7. The maximum absolute atomic E-state index is 11.8. The molecule has 1 aliphatic heterocycles. The van der Waals surface area contributed by atoms with Crippen molar-refractivity contribution in [2.45, 2.75) is 64.0 Å². The van der Waals surface area contributed by atoms with Crippen LogP contribution in [0.5, 0.6) is 0 Å². The number of carbonyl (C=O) groups is 1. The van der Waals surface area contributed by atoms with Crippen LogP contribution in [0.1, 0.15) is 47.5 Å². The van der Waals surface area contributed by atoms with Gasteiger partial charge in [0.1, 0.15) is 5.60 Å². The molecule has 106 valence electrons. The van der Waals surface area contributed by atoms with Crippen LogP contribution in [0.4, 0.5) is 4.79 Å². The van der Waals surface area contributed by atoms with Gasteiger partial charge in [0.25, 0.3) is 0 Å². The molecule has 0 spiro atoms. The second kappa shape index (κ2) is 5.70. The van der Waals surface area contributed by atoms with Gasteiger partial charge in [-0.15, -0.1) is 0 Å². The Morgan fingerprint density at radius 2 is 1.89 bits per heavy atom. The molecule has 0 aromatic rings. The standard InChI is InChI=1S/C13H26N2O2S/c1-10(18)15-8-6-13(5,7-9-15)14-11(16)17-12(2,3)4/h10,18H,6-9H2,1-5H3,(H,14,16). The minimum Gasteiger partial charge on any atom is -0.444 e. The molecule has 0 aromatic carbocycles. The maximum Gasteiger partial charge on any atom is 0.408 e. The summed E-state index contributed by atoms with van der Waals surface area (Å²) in [5.41, 5.74) is -0.609. The number of amides is 1. The molecule has 0 aliphatic carbocycles. The molecule has 1 aliphatic rings. The van der Waals surface area contributed by atoms with E-state index in [4.69, 9.17) is 4.74 Å². The van der Waals surface area contributed by atoms with Gasteiger partial charge in [-0.05, 0) is 47.5 Å². The van der Waals surface area contributed by atoms with Crippen LogP contribution >= 0.6 is 12.6 Å². The lowest BCUT2D eigenvalue weighted by molar-refractivity contribution is 0.0403. The number of carbonyl (C=O) groups excluding carboxylic acids is 1. The highest BCUT2D eigenvalue weighted by Gasteiger charge is 2.33. The van der Waals surface area contributed by atoms with Gasteiger partial charge in [0, 0.05) is 24.0 Å². The quantitative estimate of drug-likeness (QED) is 0.761. The van der Waals surface area contributed by atoms with E-state index in [1.807, 2.05) is 20.8 Å².